The molecule has 2 heteroatoms. The third-order valence-electron chi connectivity index (χ3n) is 4.93. The van der Waals surface area contributed by atoms with Crippen LogP contribution in [-0.4, -0.2) is 36.1 Å². The van der Waals surface area contributed by atoms with Crippen LogP contribution in [0.3, 0.4) is 0 Å². The number of nitrogens with zero attached hydrogens (tertiary/aromatic N) is 1. The van der Waals surface area contributed by atoms with E-state index in [-0.39, 0.29) is 0 Å². The van der Waals surface area contributed by atoms with Crippen LogP contribution in [0.2, 0.25) is 0 Å². The Hall–Kier alpha value is -0.0800. The molecule has 1 saturated carbocycles. The van der Waals surface area contributed by atoms with E-state index in [1.807, 2.05) is 0 Å². The topological polar surface area (TPSA) is 15.3 Å². The Balaban J connectivity index is 1.83. The molecular formula is C16H32N2. The van der Waals surface area contributed by atoms with Crippen molar-refractivity contribution in [2.75, 3.05) is 13.1 Å². The fourth-order valence-electron chi connectivity index (χ4n) is 3.90. The molecule has 0 spiro atoms. The van der Waals surface area contributed by atoms with Gasteiger partial charge in [-0.05, 0) is 45.1 Å². The zero-order chi connectivity index (χ0) is 13.0. The van der Waals surface area contributed by atoms with Crippen molar-refractivity contribution in [3.05, 3.63) is 0 Å². The van der Waals surface area contributed by atoms with Crippen molar-refractivity contribution >= 4 is 0 Å². The Morgan fingerprint density at radius 2 is 1.67 bits per heavy atom. The summed E-state index contributed by atoms with van der Waals surface area (Å²) in [6.07, 6.45) is 10.1. The number of rotatable bonds is 4. The minimum absolute atomic E-state index is 0.625. The predicted octanol–water partition coefficient (Wildman–Crippen LogP) is 3.42. The molecule has 2 unspecified atom stereocenters. The lowest BCUT2D eigenvalue weighted by molar-refractivity contribution is 0.0904. The molecule has 0 aromatic rings. The molecule has 2 nitrogen and oxygen atoms in total. The molecule has 2 rings (SSSR count). The Labute approximate surface area is 114 Å². The van der Waals surface area contributed by atoms with E-state index < -0.39 is 0 Å². The Morgan fingerprint density at radius 1 is 0.944 bits per heavy atom. The van der Waals surface area contributed by atoms with Crippen molar-refractivity contribution in [2.24, 2.45) is 5.92 Å². The molecule has 0 bridgehead atoms. The molecule has 2 atom stereocenters. The molecule has 106 valence electrons. The maximum Gasteiger partial charge on any atom is 0.0197 e. The lowest BCUT2D eigenvalue weighted by Gasteiger charge is -2.42. The first-order chi connectivity index (χ1) is 8.66. The summed E-state index contributed by atoms with van der Waals surface area (Å²) < 4.78 is 0. The van der Waals surface area contributed by atoms with Crippen molar-refractivity contribution in [1.29, 1.82) is 0 Å². The highest BCUT2D eigenvalue weighted by atomic mass is 15.2. The van der Waals surface area contributed by atoms with Gasteiger partial charge in [-0.25, -0.2) is 0 Å². The highest BCUT2D eigenvalue weighted by Gasteiger charge is 2.29. The van der Waals surface area contributed by atoms with Crippen LogP contribution in [0, 0.1) is 5.92 Å². The highest BCUT2D eigenvalue weighted by molar-refractivity contribution is 4.85. The fraction of sp³-hybridized carbons (Fsp3) is 1.00. The zero-order valence-electron chi connectivity index (χ0n) is 12.6. The van der Waals surface area contributed by atoms with Crippen molar-refractivity contribution in [1.82, 2.24) is 10.2 Å². The summed E-state index contributed by atoms with van der Waals surface area (Å²) in [5.74, 6) is 0.969. The molecule has 1 saturated heterocycles. The lowest BCUT2D eigenvalue weighted by atomic mass is 9.83. The van der Waals surface area contributed by atoms with E-state index in [9.17, 15) is 0 Å². The van der Waals surface area contributed by atoms with E-state index >= 15 is 0 Å². The molecule has 0 aromatic heterocycles. The van der Waals surface area contributed by atoms with Gasteiger partial charge >= 0.3 is 0 Å². The van der Waals surface area contributed by atoms with Crippen LogP contribution in [0.4, 0.5) is 0 Å². The number of hydrogen-bond acceptors (Lipinski definition) is 2. The summed E-state index contributed by atoms with van der Waals surface area (Å²) in [5.41, 5.74) is 0. The summed E-state index contributed by atoms with van der Waals surface area (Å²) in [4.78, 5) is 2.76. The average molecular weight is 252 g/mol. The maximum absolute atomic E-state index is 3.73. The number of hydrogen-bond donors (Lipinski definition) is 1. The van der Waals surface area contributed by atoms with Crippen LogP contribution in [0.5, 0.6) is 0 Å². The summed E-state index contributed by atoms with van der Waals surface area (Å²) in [5, 5.41) is 3.73. The molecule has 18 heavy (non-hydrogen) atoms. The Kier molecular flexibility index (Phi) is 5.50. The van der Waals surface area contributed by atoms with Gasteiger partial charge in [0.15, 0.2) is 0 Å². The second-order valence-corrected chi connectivity index (χ2v) is 6.79. The van der Waals surface area contributed by atoms with Gasteiger partial charge in [-0.3, -0.25) is 4.90 Å². The molecule has 2 aliphatic rings. The summed E-state index contributed by atoms with van der Waals surface area (Å²) >= 11 is 0. The van der Waals surface area contributed by atoms with E-state index in [1.54, 1.807) is 0 Å². The SMILES string of the molecule is CC(C)NC1CCCN(C(C)C2CCCCC2)C1. The van der Waals surface area contributed by atoms with E-state index in [0.29, 0.717) is 6.04 Å². The molecule has 0 radical (unpaired) electrons. The van der Waals surface area contributed by atoms with Gasteiger partial charge in [0.05, 0.1) is 0 Å². The highest BCUT2D eigenvalue weighted by Crippen LogP contribution is 2.30. The zero-order valence-corrected chi connectivity index (χ0v) is 12.6. The monoisotopic (exact) mass is 252 g/mol. The molecule has 0 aromatic carbocycles. The van der Waals surface area contributed by atoms with Crippen LogP contribution < -0.4 is 5.32 Å². The standard InChI is InChI=1S/C16H32N2/c1-13(2)17-16-10-7-11-18(12-16)14(3)15-8-5-4-6-9-15/h13-17H,4-12H2,1-3H3. The van der Waals surface area contributed by atoms with Crippen LogP contribution >= 0.6 is 0 Å². The van der Waals surface area contributed by atoms with Gasteiger partial charge in [-0.15, -0.1) is 0 Å². The van der Waals surface area contributed by atoms with Gasteiger partial charge in [0.2, 0.25) is 0 Å². The second kappa shape index (κ2) is 6.91. The smallest absolute Gasteiger partial charge is 0.0197 e. The predicted molar refractivity (Wildman–Crippen MR) is 78.9 cm³/mol. The maximum atomic E-state index is 3.73. The molecule has 1 heterocycles. The Bertz CT molecular complexity index is 233. The van der Waals surface area contributed by atoms with Gasteiger partial charge in [-0.2, -0.15) is 0 Å². The average Bonchev–Trinajstić information content (AvgIpc) is 2.38. The van der Waals surface area contributed by atoms with Gasteiger partial charge in [0.25, 0.3) is 0 Å². The molecular weight excluding hydrogens is 220 g/mol. The number of piperidine rings is 1. The van der Waals surface area contributed by atoms with Crippen molar-refractivity contribution in [3.63, 3.8) is 0 Å². The molecule has 1 aliphatic heterocycles. The van der Waals surface area contributed by atoms with Crippen molar-refractivity contribution in [3.8, 4) is 0 Å². The summed E-state index contributed by atoms with van der Waals surface area (Å²) in [7, 11) is 0. The summed E-state index contributed by atoms with van der Waals surface area (Å²) in [6.45, 7) is 9.62. The van der Waals surface area contributed by atoms with Crippen molar-refractivity contribution < 1.29 is 0 Å². The third kappa shape index (κ3) is 3.96. The van der Waals surface area contributed by atoms with Crippen LogP contribution in [-0.2, 0) is 0 Å². The fourth-order valence-corrected chi connectivity index (χ4v) is 3.90. The number of nitrogens with one attached hydrogen (secondary N) is 1. The van der Waals surface area contributed by atoms with Gasteiger partial charge in [0.1, 0.15) is 0 Å². The first kappa shape index (κ1) is 14.3. The second-order valence-electron chi connectivity index (χ2n) is 6.79. The quantitative estimate of drug-likeness (QED) is 0.825. The van der Waals surface area contributed by atoms with Crippen LogP contribution in [0.25, 0.3) is 0 Å². The minimum atomic E-state index is 0.625. The first-order valence-corrected chi connectivity index (χ1v) is 8.17. The van der Waals surface area contributed by atoms with Gasteiger partial charge < -0.3 is 5.32 Å². The third-order valence-corrected chi connectivity index (χ3v) is 4.93. The molecule has 2 fully saturated rings. The van der Waals surface area contributed by atoms with Gasteiger partial charge in [-0.1, -0.05) is 33.1 Å². The normalized spacial score (nSPS) is 29.7. The molecule has 1 aliphatic carbocycles. The Morgan fingerprint density at radius 3 is 2.33 bits per heavy atom. The minimum Gasteiger partial charge on any atom is -0.311 e. The lowest BCUT2D eigenvalue weighted by Crippen LogP contribution is -2.52. The number of likely N-dealkylation sites (tertiary alicyclic amines) is 1. The van der Waals surface area contributed by atoms with Crippen LogP contribution in [0.15, 0.2) is 0 Å². The molecule has 1 N–H and O–H groups in total. The van der Waals surface area contributed by atoms with E-state index in [2.05, 4.69) is 31.0 Å². The van der Waals surface area contributed by atoms with E-state index in [1.165, 1.54) is 58.0 Å². The molecule has 0 amide bonds. The van der Waals surface area contributed by atoms with Crippen LogP contribution in [0.1, 0.15) is 65.7 Å². The first-order valence-electron chi connectivity index (χ1n) is 8.17. The van der Waals surface area contributed by atoms with Crippen molar-refractivity contribution in [2.45, 2.75) is 83.8 Å². The van der Waals surface area contributed by atoms with E-state index in [0.717, 1.165) is 18.0 Å². The van der Waals surface area contributed by atoms with E-state index in [4.69, 9.17) is 0 Å². The summed E-state index contributed by atoms with van der Waals surface area (Å²) in [6, 6.07) is 2.16. The van der Waals surface area contributed by atoms with Gasteiger partial charge in [0, 0.05) is 24.7 Å². The largest absolute Gasteiger partial charge is 0.311 e.